The molecule has 0 aromatic carbocycles. The van der Waals surface area contributed by atoms with Gasteiger partial charge in [-0.05, 0) is 31.1 Å². The average molecular weight is 1090 g/mol. The van der Waals surface area contributed by atoms with Gasteiger partial charge in [0.1, 0.15) is 13.2 Å². The number of hydrogen-bond acceptors (Lipinski definition) is 6. The van der Waals surface area contributed by atoms with E-state index in [0.717, 1.165) is 69.6 Å². The second kappa shape index (κ2) is 63.6. The SMILES string of the molecule is CCCCCCCCCCCCCCCCCCCCCC(=O)OC[C@H](COC(=O)CCCCCCCCCCCCCCCCCCCCC(C)CC)OC(=O)CCCCCCCCCCCCCCCCC(C)CC. The molecular weight excluding hydrogens is 949 g/mol. The molecule has 0 saturated heterocycles. The molecule has 3 atom stereocenters. The molecule has 458 valence electrons. The number of carbonyl (C=O) groups is 3. The summed E-state index contributed by atoms with van der Waals surface area (Å²) in [6.45, 7) is 11.5. The maximum atomic E-state index is 13.0. The molecule has 0 rings (SSSR count). The van der Waals surface area contributed by atoms with Crippen LogP contribution in [0.2, 0.25) is 0 Å². The molecule has 0 N–H and O–H groups in total. The molecule has 0 amide bonds. The van der Waals surface area contributed by atoms with Crippen LogP contribution in [0.25, 0.3) is 0 Å². The van der Waals surface area contributed by atoms with Gasteiger partial charge in [0.15, 0.2) is 6.10 Å². The lowest BCUT2D eigenvalue weighted by Crippen LogP contribution is -2.30. The van der Waals surface area contributed by atoms with Gasteiger partial charge in [-0.3, -0.25) is 14.4 Å². The second-order valence-electron chi connectivity index (χ2n) is 25.0. The van der Waals surface area contributed by atoms with Crippen LogP contribution in [0.15, 0.2) is 0 Å². The molecule has 0 saturated carbocycles. The molecule has 0 aliphatic carbocycles. The molecule has 77 heavy (non-hydrogen) atoms. The topological polar surface area (TPSA) is 78.9 Å². The summed E-state index contributed by atoms with van der Waals surface area (Å²) in [5.41, 5.74) is 0. The lowest BCUT2D eigenvalue weighted by Gasteiger charge is -2.18. The van der Waals surface area contributed by atoms with Gasteiger partial charge in [0.25, 0.3) is 0 Å². The van der Waals surface area contributed by atoms with Crippen LogP contribution in [-0.4, -0.2) is 37.2 Å². The van der Waals surface area contributed by atoms with Crippen molar-refractivity contribution in [2.24, 2.45) is 11.8 Å². The maximum absolute atomic E-state index is 13.0. The zero-order valence-corrected chi connectivity index (χ0v) is 53.1. The van der Waals surface area contributed by atoms with Crippen LogP contribution in [0, 0.1) is 11.8 Å². The van der Waals surface area contributed by atoms with Crippen molar-refractivity contribution in [3.8, 4) is 0 Å². The van der Waals surface area contributed by atoms with Crippen LogP contribution in [-0.2, 0) is 28.6 Å². The highest BCUT2D eigenvalue weighted by molar-refractivity contribution is 5.71. The molecule has 0 aliphatic heterocycles. The van der Waals surface area contributed by atoms with E-state index in [1.54, 1.807) is 0 Å². The van der Waals surface area contributed by atoms with Gasteiger partial charge in [-0.1, -0.05) is 369 Å². The van der Waals surface area contributed by atoms with E-state index in [0.29, 0.717) is 19.3 Å². The van der Waals surface area contributed by atoms with Crippen LogP contribution >= 0.6 is 0 Å². The molecule has 0 radical (unpaired) electrons. The molecule has 0 spiro atoms. The minimum Gasteiger partial charge on any atom is -0.462 e. The smallest absolute Gasteiger partial charge is 0.306 e. The first kappa shape index (κ1) is 75.4. The largest absolute Gasteiger partial charge is 0.462 e. The fourth-order valence-corrected chi connectivity index (χ4v) is 11.1. The highest BCUT2D eigenvalue weighted by atomic mass is 16.6. The first-order valence-corrected chi connectivity index (χ1v) is 35.3. The van der Waals surface area contributed by atoms with Crippen LogP contribution in [0.4, 0.5) is 0 Å². The van der Waals surface area contributed by atoms with Gasteiger partial charge in [0, 0.05) is 19.3 Å². The first-order chi connectivity index (χ1) is 37.8. The molecule has 0 aliphatic rings. The monoisotopic (exact) mass is 1090 g/mol. The Hall–Kier alpha value is -1.59. The van der Waals surface area contributed by atoms with E-state index in [2.05, 4.69) is 34.6 Å². The summed E-state index contributed by atoms with van der Waals surface area (Å²) >= 11 is 0. The third kappa shape index (κ3) is 61.9. The van der Waals surface area contributed by atoms with Crippen molar-refractivity contribution in [1.29, 1.82) is 0 Å². The Morgan fingerprint density at radius 2 is 0.455 bits per heavy atom. The molecule has 2 unspecified atom stereocenters. The predicted octanol–water partition coefficient (Wildman–Crippen LogP) is 23.9. The van der Waals surface area contributed by atoms with Gasteiger partial charge in [-0.2, -0.15) is 0 Å². The lowest BCUT2D eigenvalue weighted by atomic mass is 9.99. The van der Waals surface area contributed by atoms with Crippen molar-refractivity contribution in [3.63, 3.8) is 0 Å². The zero-order chi connectivity index (χ0) is 56.0. The van der Waals surface area contributed by atoms with Gasteiger partial charge < -0.3 is 14.2 Å². The van der Waals surface area contributed by atoms with Gasteiger partial charge in [-0.25, -0.2) is 0 Å². The first-order valence-electron chi connectivity index (χ1n) is 35.3. The maximum Gasteiger partial charge on any atom is 0.306 e. The number of hydrogen-bond donors (Lipinski definition) is 0. The normalized spacial score (nSPS) is 12.7. The molecule has 0 fully saturated rings. The summed E-state index contributed by atoms with van der Waals surface area (Å²) in [6.07, 6.45) is 72.5. The van der Waals surface area contributed by atoms with E-state index < -0.39 is 6.10 Å². The minimum atomic E-state index is -0.765. The summed E-state index contributed by atoms with van der Waals surface area (Å²) in [7, 11) is 0. The fourth-order valence-electron chi connectivity index (χ4n) is 11.1. The third-order valence-corrected chi connectivity index (χ3v) is 17.2. The summed E-state index contributed by atoms with van der Waals surface area (Å²) < 4.78 is 17.0. The molecule has 0 aromatic rings. The molecule has 0 bridgehead atoms. The lowest BCUT2D eigenvalue weighted by molar-refractivity contribution is -0.167. The molecule has 6 heteroatoms. The van der Waals surface area contributed by atoms with Gasteiger partial charge in [0.2, 0.25) is 0 Å². The average Bonchev–Trinajstić information content (AvgIpc) is 3.43. The minimum absolute atomic E-state index is 0.0612. The quantitative estimate of drug-likeness (QED) is 0.0343. The Balaban J connectivity index is 4.27. The Labute approximate surface area is 482 Å². The number of carbonyl (C=O) groups excluding carboxylic acids is 3. The van der Waals surface area contributed by atoms with Crippen molar-refractivity contribution >= 4 is 17.9 Å². The van der Waals surface area contributed by atoms with E-state index in [9.17, 15) is 14.4 Å². The van der Waals surface area contributed by atoms with Crippen LogP contribution in [0.3, 0.4) is 0 Å². The molecule has 0 heterocycles. The van der Waals surface area contributed by atoms with Crippen molar-refractivity contribution < 1.29 is 28.6 Å². The Bertz CT molecular complexity index is 1190. The molecule has 0 aromatic heterocycles. The number of rotatable bonds is 65. The van der Waals surface area contributed by atoms with E-state index in [1.165, 1.54) is 295 Å². The molecule has 6 nitrogen and oxygen atoms in total. The van der Waals surface area contributed by atoms with E-state index >= 15 is 0 Å². The van der Waals surface area contributed by atoms with Crippen LogP contribution in [0.1, 0.15) is 407 Å². The third-order valence-electron chi connectivity index (χ3n) is 17.2. The van der Waals surface area contributed by atoms with Crippen LogP contribution in [0.5, 0.6) is 0 Å². The Morgan fingerprint density at radius 1 is 0.260 bits per heavy atom. The highest BCUT2D eigenvalue weighted by Crippen LogP contribution is 2.20. The Morgan fingerprint density at radius 3 is 0.675 bits per heavy atom. The summed E-state index contributed by atoms with van der Waals surface area (Å²) in [5, 5.41) is 0. The second-order valence-corrected chi connectivity index (χ2v) is 25.0. The fraction of sp³-hybridized carbons (Fsp3) is 0.958. The summed E-state index contributed by atoms with van der Waals surface area (Å²) in [6, 6.07) is 0. The van der Waals surface area contributed by atoms with Crippen molar-refractivity contribution in [1.82, 2.24) is 0 Å². The van der Waals surface area contributed by atoms with E-state index in [4.69, 9.17) is 14.2 Å². The van der Waals surface area contributed by atoms with Crippen molar-refractivity contribution in [2.75, 3.05) is 13.2 Å². The van der Waals surface area contributed by atoms with E-state index in [-0.39, 0.29) is 31.1 Å². The van der Waals surface area contributed by atoms with Gasteiger partial charge >= 0.3 is 17.9 Å². The Kier molecular flexibility index (Phi) is 62.3. The van der Waals surface area contributed by atoms with Crippen LogP contribution < -0.4 is 0 Å². The standard InChI is InChI=1S/C71H138O6/c1-6-9-10-11-12-13-14-15-16-17-18-22-25-31-36-41-46-51-56-61-69(72)75-64-68(77-71(74)63-58-53-48-43-38-33-28-27-30-35-40-45-50-55-60-67(5)8-3)65-76-70(73)62-57-52-47-42-37-32-26-23-20-19-21-24-29-34-39-44-49-54-59-66(4)7-2/h66-68H,6-65H2,1-5H3/t66?,67?,68-/m1/s1. The predicted molar refractivity (Wildman–Crippen MR) is 335 cm³/mol. The summed E-state index contributed by atoms with van der Waals surface area (Å²) in [5.74, 6) is 0.980. The number of unbranched alkanes of at least 4 members (excludes halogenated alkanes) is 48. The zero-order valence-electron chi connectivity index (χ0n) is 53.1. The van der Waals surface area contributed by atoms with Crippen molar-refractivity contribution in [2.45, 2.75) is 413 Å². The highest BCUT2D eigenvalue weighted by Gasteiger charge is 2.20. The number of ether oxygens (including phenoxy) is 3. The van der Waals surface area contributed by atoms with Gasteiger partial charge in [0.05, 0.1) is 0 Å². The summed E-state index contributed by atoms with van der Waals surface area (Å²) in [4.78, 5) is 38.5. The molecular formula is C71H138O6. The van der Waals surface area contributed by atoms with Crippen molar-refractivity contribution in [3.05, 3.63) is 0 Å². The van der Waals surface area contributed by atoms with Gasteiger partial charge in [-0.15, -0.1) is 0 Å². The van der Waals surface area contributed by atoms with E-state index in [1.807, 2.05) is 0 Å². The number of esters is 3.